The van der Waals surface area contributed by atoms with Gasteiger partial charge in [0.2, 0.25) is 0 Å². The highest BCUT2D eigenvalue weighted by atomic mass is 35.5. The SMILES string of the molecule is COc1cc(NS(=O)(=O)c2ccc(Cl)s2)ccc1NC(=O)c1cccnc1. The van der Waals surface area contributed by atoms with Gasteiger partial charge in [-0.1, -0.05) is 11.6 Å². The summed E-state index contributed by atoms with van der Waals surface area (Å²) in [5, 5.41) is 2.71. The number of rotatable bonds is 6. The zero-order valence-corrected chi connectivity index (χ0v) is 16.4. The normalized spacial score (nSPS) is 11.0. The minimum atomic E-state index is -3.76. The molecule has 0 bridgehead atoms. The Hall–Kier alpha value is -2.62. The van der Waals surface area contributed by atoms with Crippen molar-refractivity contribution in [2.45, 2.75) is 4.21 Å². The van der Waals surface area contributed by atoms with Crippen molar-refractivity contribution in [1.82, 2.24) is 4.98 Å². The van der Waals surface area contributed by atoms with Crippen LogP contribution in [0.2, 0.25) is 4.34 Å². The standard InChI is InChI=1S/C17H14ClN3O4S2/c1-25-14-9-12(21-27(23,24)16-7-6-15(18)26-16)4-5-13(14)20-17(22)11-3-2-8-19-10-11/h2-10,21H,1H3,(H,20,22). The van der Waals surface area contributed by atoms with Crippen LogP contribution < -0.4 is 14.8 Å². The summed E-state index contributed by atoms with van der Waals surface area (Å²) < 4.78 is 33.0. The molecule has 1 amide bonds. The van der Waals surface area contributed by atoms with Crippen LogP contribution >= 0.6 is 22.9 Å². The summed E-state index contributed by atoms with van der Waals surface area (Å²) in [5.74, 6) is -0.0559. The Kier molecular flexibility index (Phi) is 5.64. The first kappa shape index (κ1) is 19.2. The fourth-order valence-electron chi connectivity index (χ4n) is 2.20. The van der Waals surface area contributed by atoms with E-state index in [0.717, 1.165) is 11.3 Å². The van der Waals surface area contributed by atoms with Crippen LogP contribution in [0.3, 0.4) is 0 Å². The number of aromatic nitrogens is 1. The monoisotopic (exact) mass is 423 g/mol. The van der Waals surface area contributed by atoms with E-state index in [1.54, 1.807) is 24.4 Å². The van der Waals surface area contributed by atoms with E-state index in [2.05, 4.69) is 15.0 Å². The van der Waals surface area contributed by atoms with Crippen molar-refractivity contribution in [3.8, 4) is 5.75 Å². The van der Waals surface area contributed by atoms with Gasteiger partial charge in [0.25, 0.3) is 15.9 Å². The molecule has 0 unspecified atom stereocenters. The Bertz CT molecular complexity index is 1070. The molecule has 0 aliphatic carbocycles. The van der Waals surface area contributed by atoms with Crippen molar-refractivity contribution < 1.29 is 17.9 Å². The van der Waals surface area contributed by atoms with Crippen molar-refractivity contribution in [3.05, 3.63) is 64.8 Å². The first-order valence-electron chi connectivity index (χ1n) is 7.56. The Labute approximate surface area is 165 Å². The minimum absolute atomic E-state index is 0.0976. The summed E-state index contributed by atoms with van der Waals surface area (Å²) in [6.07, 6.45) is 3.01. The molecular formula is C17H14ClN3O4S2. The molecule has 3 aromatic rings. The maximum absolute atomic E-state index is 12.4. The molecule has 0 spiro atoms. The van der Waals surface area contributed by atoms with Gasteiger partial charge in [-0.3, -0.25) is 14.5 Å². The van der Waals surface area contributed by atoms with Crippen LogP contribution in [-0.2, 0) is 10.0 Å². The maximum atomic E-state index is 12.4. The van der Waals surface area contributed by atoms with Crippen LogP contribution in [0.4, 0.5) is 11.4 Å². The highest BCUT2D eigenvalue weighted by molar-refractivity contribution is 7.94. The first-order valence-corrected chi connectivity index (χ1v) is 10.2. The summed E-state index contributed by atoms with van der Waals surface area (Å²) >= 11 is 6.75. The van der Waals surface area contributed by atoms with E-state index >= 15 is 0 Å². The van der Waals surface area contributed by atoms with Gasteiger partial charge >= 0.3 is 0 Å². The van der Waals surface area contributed by atoms with Gasteiger partial charge < -0.3 is 10.1 Å². The quantitative estimate of drug-likeness (QED) is 0.627. The van der Waals surface area contributed by atoms with Gasteiger partial charge in [-0.05, 0) is 36.4 Å². The number of hydrogen-bond acceptors (Lipinski definition) is 6. The zero-order valence-electron chi connectivity index (χ0n) is 14.0. The number of hydrogen-bond donors (Lipinski definition) is 2. The fourth-order valence-corrected chi connectivity index (χ4v) is 4.73. The number of nitrogens with one attached hydrogen (secondary N) is 2. The summed E-state index contributed by atoms with van der Waals surface area (Å²) in [6, 6.07) is 10.8. The molecule has 0 fully saturated rings. The molecule has 3 rings (SSSR count). The molecule has 2 heterocycles. The molecular weight excluding hydrogens is 410 g/mol. The molecule has 140 valence electrons. The molecule has 1 aromatic carbocycles. The number of amides is 1. The number of ether oxygens (including phenoxy) is 1. The number of sulfonamides is 1. The van der Waals surface area contributed by atoms with E-state index in [0.29, 0.717) is 21.3 Å². The Morgan fingerprint density at radius 2 is 2.04 bits per heavy atom. The van der Waals surface area contributed by atoms with E-state index in [-0.39, 0.29) is 15.8 Å². The summed E-state index contributed by atoms with van der Waals surface area (Å²) in [4.78, 5) is 16.2. The zero-order chi connectivity index (χ0) is 19.4. The average molecular weight is 424 g/mol. The Morgan fingerprint density at radius 1 is 1.22 bits per heavy atom. The molecule has 10 heteroatoms. The molecule has 0 saturated carbocycles. The molecule has 0 saturated heterocycles. The van der Waals surface area contributed by atoms with Crippen LogP contribution in [0, 0.1) is 0 Å². The van der Waals surface area contributed by atoms with Crippen molar-refractivity contribution in [1.29, 1.82) is 0 Å². The Balaban J connectivity index is 1.81. The van der Waals surface area contributed by atoms with Gasteiger partial charge in [-0.25, -0.2) is 8.42 Å². The summed E-state index contributed by atoms with van der Waals surface area (Å²) in [6.45, 7) is 0. The molecule has 0 radical (unpaired) electrons. The van der Waals surface area contributed by atoms with Gasteiger partial charge in [0.15, 0.2) is 0 Å². The number of methoxy groups -OCH3 is 1. The second-order valence-electron chi connectivity index (χ2n) is 5.27. The lowest BCUT2D eigenvalue weighted by molar-refractivity contribution is 0.102. The molecule has 27 heavy (non-hydrogen) atoms. The number of halogens is 1. The van der Waals surface area contributed by atoms with Crippen molar-refractivity contribution in [2.75, 3.05) is 17.1 Å². The number of pyridine rings is 1. The molecule has 0 aliphatic rings. The van der Waals surface area contributed by atoms with Gasteiger partial charge in [0.1, 0.15) is 9.96 Å². The lowest BCUT2D eigenvalue weighted by Gasteiger charge is -2.13. The number of thiophene rings is 1. The second kappa shape index (κ2) is 7.95. The third kappa shape index (κ3) is 4.57. The van der Waals surface area contributed by atoms with Crippen LogP contribution in [0.1, 0.15) is 10.4 Å². The van der Waals surface area contributed by atoms with Crippen molar-refractivity contribution in [3.63, 3.8) is 0 Å². The minimum Gasteiger partial charge on any atom is -0.494 e. The highest BCUT2D eigenvalue weighted by Gasteiger charge is 2.18. The van der Waals surface area contributed by atoms with Gasteiger partial charge in [-0.2, -0.15) is 0 Å². The number of nitrogens with zero attached hydrogens (tertiary/aromatic N) is 1. The molecule has 7 nitrogen and oxygen atoms in total. The predicted molar refractivity (Wildman–Crippen MR) is 105 cm³/mol. The van der Waals surface area contributed by atoms with Crippen LogP contribution in [-0.4, -0.2) is 26.4 Å². The van der Waals surface area contributed by atoms with E-state index < -0.39 is 10.0 Å². The number of carbonyl (C=O) groups excluding carboxylic acids is 1. The lowest BCUT2D eigenvalue weighted by Crippen LogP contribution is -2.14. The molecule has 2 aromatic heterocycles. The largest absolute Gasteiger partial charge is 0.494 e. The maximum Gasteiger partial charge on any atom is 0.271 e. The highest BCUT2D eigenvalue weighted by Crippen LogP contribution is 2.31. The smallest absolute Gasteiger partial charge is 0.271 e. The topological polar surface area (TPSA) is 97.4 Å². The number of anilines is 2. The summed E-state index contributed by atoms with van der Waals surface area (Å²) in [5.41, 5.74) is 1.07. The molecule has 0 aliphatic heterocycles. The number of carbonyl (C=O) groups is 1. The van der Waals surface area contributed by atoms with Crippen LogP contribution in [0.5, 0.6) is 5.75 Å². The third-order valence-corrected chi connectivity index (χ3v) is 6.54. The van der Waals surface area contributed by atoms with Gasteiger partial charge in [0, 0.05) is 18.5 Å². The first-order chi connectivity index (χ1) is 12.9. The summed E-state index contributed by atoms with van der Waals surface area (Å²) in [7, 11) is -2.34. The number of benzene rings is 1. The fraction of sp³-hybridized carbons (Fsp3) is 0.0588. The van der Waals surface area contributed by atoms with E-state index in [4.69, 9.17) is 16.3 Å². The van der Waals surface area contributed by atoms with Gasteiger partial charge in [0.05, 0.1) is 28.4 Å². The molecule has 2 N–H and O–H groups in total. The van der Waals surface area contributed by atoms with E-state index in [9.17, 15) is 13.2 Å². The van der Waals surface area contributed by atoms with Gasteiger partial charge in [-0.15, -0.1) is 11.3 Å². The predicted octanol–water partition coefficient (Wildman–Crippen LogP) is 3.86. The van der Waals surface area contributed by atoms with Crippen LogP contribution in [0.15, 0.2) is 59.1 Å². The van der Waals surface area contributed by atoms with Crippen LogP contribution in [0.25, 0.3) is 0 Å². The van der Waals surface area contributed by atoms with Crippen molar-refractivity contribution >= 4 is 50.2 Å². The van der Waals surface area contributed by atoms with E-state index in [1.165, 1.54) is 37.6 Å². The molecule has 0 atom stereocenters. The lowest BCUT2D eigenvalue weighted by atomic mass is 10.2. The second-order valence-corrected chi connectivity index (χ2v) is 8.90. The average Bonchev–Trinajstić information content (AvgIpc) is 3.11. The third-order valence-electron chi connectivity index (χ3n) is 3.44. The van der Waals surface area contributed by atoms with E-state index in [1.807, 2.05) is 0 Å². The Morgan fingerprint density at radius 3 is 2.67 bits per heavy atom. The van der Waals surface area contributed by atoms with Crippen molar-refractivity contribution in [2.24, 2.45) is 0 Å².